The number of nitrogens with zero attached hydrogens (tertiary/aromatic N) is 3. The monoisotopic (exact) mass is 496 g/mol. The van der Waals surface area contributed by atoms with Crippen LogP contribution in [0.3, 0.4) is 0 Å². The summed E-state index contributed by atoms with van der Waals surface area (Å²) in [5.41, 5.74) is 8.04. The third-order valence-corrected chi connectivity index (χ3v) is 7.37. The van der Waals surface area contributed by atoms with E-state index < -0.39 is 0 Å². The third-order valence-electron chi connectivity index (χ3n) is 7.06. The highest BCUT2D eigenvalue weighted by Crippen LogP contribution is 2.44. The van der Waals surface area contributed by atoms with Crippen LogP contribution in [0.2, 0.25) is 0 Å². The number of methoxy groups -OCH3 is 1. The van der Waals surface area contributed by atoms with Gasteiger partial charge in [-0.25, -0.2) is 0 Å². The Labute approximate surface area is 218 Å². The molecule has 0 aliphatic carbocycles. The van der Waals surface area contributed by atoms with Crippen LogP contribution in [-0.2, 0) is 0 Å². The number of hydrogen-bond acceptors (Lipinski definition) is 3. The summed E-state index contributed by atoms with van der Waals surface area (Å²) in [5.74, 6) is 1.32. The summed E-state index contributed by atoms with van der Waals surface area (Å²) in [7, 11) is 1.69. The lowest BCUT2D eigenvalue weighted by atomic mass is 9.96. The van der Waals surface area contributed by atoms with Gasteiger partial charge in [0.15, 0.2) is 5.11 Å². The molecule has 4 aromatic rings. The van der Waals surface area contributed by atoms with E-state index in [0.717, 1.165) is 22.8 Å². The Morgan fingerprint density at radius 1 is 0.944 bits per heavy atom. The van der Waals surface area contributed by atoms with E-state index in [4.69, 9.17) is 21.9 Å². The number of nitrogens with one attached hydrogen (secondary N) is 1. The summed E-state index contributed by atoms with van der Waals surface area (Å²) in [6, 6.07) is 25.2. The minimum Gasteiger partial charge on any atom is -0.497 e. The van der Waals surface area contributed by atoms with Crippen LogP contribution in [0.5, 0.6) is 5.75 Å². The second-order valence-corrected chi connectivity index (χ2v) is 9.99. The van der Waals surface area contributed by atoms with Crippen molar-refractivity contribution in [2.24, 2.45) is 0 Å². The first kappa shape index (κ1) is 24.1. The van der Waals surface area contributed by atoms with E-state index in [2.05, 4.69) is 91.0 Å². The Morgan fingerprint density at radius 2 is 1.64 bits per heavy atom. The quantitative estimate of drug-likeness (QED) is 0.297. The molecule has 0 unspecified atom stereocenters. The average Bonchev–Trinajstić information content (AvgIpc) is 3.39. The molecule has 5 rings (SSSR count). The van der Waals surface area contributed by atoms with Gasteiger partial charge in [-0.05, 0) is 97.7 Å². The van der Waals surface area contributed by atoms with Gasteiger partial charge in [-0.2, -0.15) is 0 Å². The van der Waals surface area contributed by atoms with Crippen LogP contribution in [0.1, 0.15) is 60.1 Å². The molecule has 1 aliphatic heterocycles. The predicted octanol–water partition coefficient (Wildman–Crippen LogP) is 6.80. The van der Waals surface area contributed by atoms with Gasteiger partial charge in [0.25, 0.3) is 0 Å². The summed E-state index contributed by atoms with van der Waals surface area (Å²) in [4.78, 5) is 6.95. The maximum atomic E-state index is 5.93. The van der Waals surface area contributed by atoms with Gasteiger partial charge >= 0.3 is 0 Å². The molecule has 1 N–H and O–H groups in total. The summed E-state index contributed by atoms with van der Waals surface area (Å²) in [6.45, 7) is 8.76. The summed E-state index contributed by atoms with van der Waals surface area (Å²) >= 11 is 5.93. The topological polar surface area (TPSA) is 42.3 Å². The van der Waals surface area contributed by atoms with Crippen molar-refractivity contribution < 1.29 is 4.74 Å². The van der Waals surface area contributed by atoms with Crippen molar-refractivity contribution in [2.75, 3.05) is 12.0 Å². The lowest BCUT2D eigenvalue weighted by Crippen LogP contribution is -2.29. The van der Waals surface area contributed by atoms with Crippen molar-refractivity contribution in [1.29, 1.82) is 0 Å². The molecule has 0 radical (unpaired) electrons. The van der Waals surface area contributed by atoms with Gasteiger partial charge < -0.3 is 19.5 Å². The highest BCUT2D eigenvalue weighted by atomic mass is 32.1. The van der Waals surface area contributed by atoms with Gasteiger partial charge in [-0.3, -0.25) is 4.98 Å². The van der Waals surface area contributed by atoms with E-state index in [-0.39, 0.29) is 12.1 Å². The lowest BCUT2D eigenvalue weighted by molar-refractivity contribution is 0.414. The minimum atomic E-state index is -0.0757. The van der Waals surface area contributed by atoms with Gasteiger partial charge in [-0.15, -0.1) is 0 Å². The molecule has 0 spiro atoms. The SMILES string of the molecule is COc1ccc(-n2c(C)cc([C@H]3[C@H](c4ccccn4)NC(=S)N3c3ccc(C(C)C)cc3)c2C)cc1. The van der Waals surface area contributed by atoms with Crippen molar-refractivity contribution in [3.8, 4) is 11.4 Å². The van der Waals surface area contributed by atoms with Crippen LogP contribution in [0.15, 0.2) is 79.0 Å². The predicted molar refractivity (Wildman–Crippen MR) is 150 cm³/mol. The van der Waals surface area contributed by atoms with E-state index in [1.807, 2.05) is 30.5 Å². The van der Waals surface area contributed by atoms with E-state index in [1.165, 1.54) is 22.5 Å². The van der Waals surface area contributed by atoms with Crippen molar-refractivity contribution in [1.82, 2.24) is 14.9 Å². The Morgan fingerprint density at radius 3 is 2.25 bits per heavy atom. The van der Waals surface area contributed by atoms with Gasteiger partial charge in [0.1, 0.15) is 5.75 Å². The molecule has 36 heavy (non-hydrogen) atoms. The van der Waals surface area contributed by atoms with Crippen LogP contribution >= 0.6 is 12.2 Å². The highest BCUT2D eigenvalue weighted by molar-refractivity contribution is 7.80. The zero-order valence-corrected chi connectivity index (χ0v) is 22.2. The Kier molecular flexibility index (Phi) is 6.54. The van der Waals surface area contributed by atoms with Gasteiger partial charge in [0.05, 0.1) is 24.9 Å². The molecule has 2 aromatic heterocycles. The Bertz CT molecular complexity index is 1360. The van der Waals surface area contributed by atoms with Gasteiger partial charge in [-0.1, -0.05) is 32.0 Å². The summed E-state index contributed by atoms with van der Waals surface area (Å²) in [5, 5.41) is 4.29. The largest absolute Gasteiger partial charge is 0.497 e. The molecule has 1 aliphatic rings. The molecule has 3 heterocycles. The van der Waals surface area contributed by atoms with Gasteiger partial charge in [0.2, 0.25) is 0 Å². The molecule has 1 saturated heterocycles. The first-order valence-electron chi connectivity index (χ1n) is 12.3. The smallest absolute Gasteiger partial charge is 0.174 e. The molecule has 0 saturated carbocycles. The molecule has 0 bridgehead atoms. The zero-order chi connectivity index (χ0) is 25.4. The first-order valence-corrected chi connectivity index (χ1v) is 12.7. The zero-order valence-electron chi connectivity index (χ0n) is 21.4. The van der Waals surface area contributed by atoms with E-state index in [0.29, 0.717) is 11.0 Å². The number of pyridine rings is 1. The second kappa shape index (κ2) is 9.78. The maximum absolute atomic E-state index is 5.93. The minimum absolute atomic E-state index is 0.0458. The highest BCUT2D eigenvalue weighted by Gasteiger charge is 2.42. The van der Waals surface area contributed by atoms with Crippen LogP contribution < -0.4 is 15.0 Å². The molecule has 2 aromatic carbocycles. The Balaban J connectivity index is 1.63. The number of hydrogen-bond donors (Lipinski definition) is 1. The van der Waals surface area contributed by atoms with Crippen LogP contribution in [0.4, 0.5) is 5.69 Å². The summed E-state index contributed by atoms with van der Waals surface area (Å²) in [6.07, 6.45) is 1.85. The van der Waals surface area contributed by atoms with Crippen LogP contribution in [-0.4, -0.2) is 21.8 Å². The molecule has 5 nitrogen and oxygen atoms in total. The third kappa shape index (κ3) is 4.26. The molecule has 2 atom stereocenters. The Hall–Kier alpha value is -3.64. The molecule has 1 fully saturated rings. The number of aryl methyl sites for hydroxylation is 1. The molecule has 184 valence electrons. The first-order chi connectivity index (χ1) is 17.4. The van der Waals surface area contributed by atoms with Crippen molar-refractivity contribution in [3.63, 3.8) is 0 Å². The normalized spacial score (nSPS) is 17.5. The van der Waals surface area contributed by atoms with Crippen LogP contribution in [0, 0.1) is 13.8 Å². The molecular weight excluding hydrogens is 464 g/mol. The van der Waals surface area contributed by atoms with Crippen molar-refractivity contribution in [2.45, 2.75) is 45.7 Å². The van der Waals surface area contributed by atoms with E-state index in [1.54, 1.807) is 7.11 Å². The number of rotatable bonds is 6. The second-order valence-electron chi connectivity index (χ2n) is 9.60. The van der Waals surface area contributed by atoms with E-state index >= 15 is 0 Å². The standard InChI is InChI=1S/C30H32N4OS/c1-19(2)22-9-11-24(12-10-22)34-29(28(32-30(34)36)27-8-6-7-17-31-27)26-18-20(3)33(21(26)4)23-13-15-25(35-5)16-14-23/h6-19,28-29H,1-5H3,(H,32,36)/t28-,29-/m0/s1. The lowest BCUT2D eigenvalue weighted by Gasteiger charge is -2.28. The molecule has 6 heteroatoms. The fourth-order valence-corrected chi connectivity index (χ4v) is 5.53. The van der Waals surface area contributed by atoms with Crippen molar-refractivity contribution in [3.05, 3.63) is 107 Å². The maximum Gasteiger partial charge on any atom is 0.174 e. The fourth-order valence-electron chi connectivity index (χ4n) is 5.18. The molecule has 0 amide bonds. The fraction of sp³-hybridized carbons (Fsp3) is 0.267. The average molecular weight is 497 g/mol. The number of ether oxygens (including phenoxy) is 1. The van der Waals surface area contributed by atoms with E-state index in [9.17, 15) is 0 Å². The number of aromatic nitrogens is 2. The number of anilines is 1. The molecular formula is C30H32N4OS. The van der Waals surface area contributed by atoms with Crippen LogP contribution in [0.25, 0.3) is 5.69 Å². The number of thiocarbonyl (C=S) groups is 1. The van der Waals surface area contributed by atoms with Gasteiger partial charge in [0, 0.05) is 29.0 Å². The van der Waals surface area contributed by atoms with Crippen molar-refractivity contribution >= 4 is 23.0 Å². The number of benzene rings is 2. The summed E-state index contributed by atoms with van der Waals surface area (Å²) < 4.78 is 7.66.